The van der Waals surface area contributed by atoms with Crippen LogP contribution in [0.1, 0.15) is 24.4 Å². The van der Waals surface area contributed by atoms with Gasteiger partial charge >= 0.3 is 0 Å². The number of hydrogen-bond donors (Lipinski definition) is 1. The van der Waals surface area contributed by atoms with Crippen LogP contribution in [-0.2, 0) is 0 Å². The lowest BCUT2D eigenvalue weighted by Crippen LogP contribution is -2.24. The molecule has 0 aliphatic carbocycles. The van der Waals surface area contributed by atoms with Crippen LogP contribution in [0.4, 0.5) is 20.4 Å². The monoisotopic (exact) mass is 315 g/mol. The molecule has 0 bridgehead atoms. The molecule has 118 valence electrons. The average Bonchev–Trinajstić information content (AvgIpc) is 3.14. The van der Waals surface area contributed by atoms with E-state index in [1.165, 1.54) is 12.1 Å². The fourth-order valence-corrected chi connectivity index (χ4v) is 3.20. The third-order valence-electron chi connectivity index (χ3n) is 4.22. The van der Waals surface area contributed by atoms with Crippen LogP contribution in [0, 0.1) is 11.6 Å². The highest BCUT2D eigenvalue weighted by Crippen LogP contribution is 2.36. The lowest BCUT2D eigenvalue weighted by Gasteiger charge is -2.26. The number of fused-ring (bicyclic) bond motifs is 1. The van der Waals surface area contributed by atoms with Crippen molar-refractivity contribution in [2.45, 2.75) is 18.9 Å². The predicted molar refractivity (Wildman–Crippen MR) is 83.1 cm³/mol. The van der Waals surface area contributed by atoms with Crippen molar-refractivity contribution in [1.82, 2.24) is 14.6 Å². The van der Waals surface area contributed by atoms with Gasteiger partial charge < -0.3 is 10.6 Å². The van der Waals surface area contributed by atoms with E-state index in [1.54, 1.807) is 16.9 Å². The Morgan fingerprint density at radius 2 is 2.04 bits per heavy atom. The Hall–Kier alpha value is -2.70. The minimum Gasteiger partial charge on any atom is -0.382 e. The molecule has 2 aromatic heterocycles. The first-order chi connectivity index (χ1) is 11.1. The molecule has 2 N–H and O–H groups in total. The van der Waals surface area contributed by atoms with Gasteiger partial charge in [-0.3, -0.25) is 0 Å². The van der Waals surface area contributed by atoms with Crippen LogP contribution in [0.5, 0.6) is 0 Å². The molecule has 5 nitrogen and oxygen atoms in total. The van der Waals surface area contributed by atoms with E-state index < -0.39 is 11.6 Å². The summed E-state index contributed by atoms with van der Waals surface area (Å²) in [4.78, 5) is 6.39. The van der Waals surface area contributed by atoms with Crippen molar-refractivity contribution >= 4 is 17.2 Å². The van der Waals surface area contributed by atoms with Crippen LogP contribution < -0.4 is 10.6 Å². The van der Waals surface area contributed by atoms with Crippen molar-refractivity contribution in [1.29, 1.82) is 0 Å². The lowest BCUT2D eigenvalue weighted by molar-refractivity contribution is 0.560. The third kappa shape index (κ3) is 2.38. The summed E-state index contributed by atoms with van der Waals surface area (Å²) >= 11 is 0. The van der Waals surface area contributed by atoms with Gasteiger partial charge in [0.25, 0.3) is 0 Å². The van der Waals surface area contributed by atoms with Gasteiger partial charge in [0.15, 0.2) is 0 Å². The van der Waals surface area contributed by atoms with Gasteiger partial charge in [-0.1, -0.05) is 0 Å². The highest BCUT2D eigenvalue weighted by atomic mass is 19.1. The Bertz CT molecular complexity index is 876. The molecule has 1 atom stereocenters. The fraction of sp³-hybridized carbons (Fsp3) is 0.250. The SMILES string of the molecule is Nc1cc2cc(N3CCC[C@@H]3c3cc(F)ccc3F)ncn2n1. The van der Waals surface area contributed by atoms with Gasteiger partial charge in [-0.2, -0.15) is 0 Å². The van der Waals surface area contributed by atoms with Crippen LogP contribution in [0.3, 0.4) is 0 Å². The van der Waals surface area contributed by atoms with E-state index in [1.807, 2.05) is 11.0 Å². The second kappa shape index (κ2) is 5.19. The minimum absolute atomic E-state index is 0.221. The Balaban J connectivity index is 1.75. The number of anilines is 2. The molecule has 0 unspecified atom stereocenters. The molecule has 1 aromatic carbocycles. The van der Waals surface area contributed by atoms with Crippen molar-refractivity contribution in [2.75, 3.05) is 17.2 Å². The number of rotatable bonds is 2. The first kappa shape index (κ1) is 13.9. The lowest BCUT2D eigenvalue weighted by atomic mass is 10.0. The molecule has 0 radical (unpaired) electrons. The number of nitrogens with two attached hydrogens (primary N) is 1. The number of nitrogen functional groups attached to an aromatic ring is 1. The van der Waals surface area contributed by atoms with Crippen LogP contribution >= 0.6 is 0 Å². The number of benzene rings is 1. The molecule has 1 fully saturated rings. The number of aromatic nitrogens is 3. The van der Waals surface area contributed by atoms with E-state index in [0.29, 0.717) is 17.2 Å². The van der Waals surface area contributed by atoms with E-state index in [4.69, 9.17) is 5.73 Å². The molecule has 0 spiro atoms. The highest BCUT2D eigenvalue weighted by molar-refractivity contribution is 5.60. The topological polar surface area (TPSA) is 59.5 Å². The van der Waals surface area contributed by atoms with Crippen LogP contribution in [0.2, 0.25) is 0 Å². The Kier molecular flexibility index (Phi) is 3.14. The maximum absolute atomic E-state index is 14.1. The predicted octanol–water partition coefficient (Wildman–Crippen LogP) is 2.93. The standard InChI is InChI=1S/C16H15F2N5/c17-10-3-4-13(18)12(6-10)14-2-1-5-22(14)16-8-11-7-15(19)21-23(11)9-20-16/h3-4,6-9,14H,1-2,5H2,(H2,19,21)/t14-/m1/s1. The molecule has 1 aliphatic rings. The van der Waals surface area contributed by atoms with E-state index in [-0.39, 0.29) is 6.04 Å². The molecule has 1 saturated heterocycles. The van der Waals surface area contributed by atoms with Gasteiger partial charge in [0.1, 0.15) is 29.6 Å². The molecule has 3 heterocycles. The molecule has 0 saturated carbocycles. The molecule has 3 aromatic rings. The maximum Gasteiger partial charge on any atom is 0.146 e. The summed E-state index contributed by atoms with van der Waals surface area (Å²) in [6.45, 7) is 0.743. The van der Waals surface area contributed by atoms with Crippen molar-refractivity contribution in [3.63, 3.8) is 0 Å². The van der Waals surface area contributed by atoms with E-state index in [0.717, 1.165) is 31.0 Å². The van der Waals surface area contributed by atoms with Crippen molar-refractivity contribution < 1.29 is 8.78 Å². The third-order valence-corrected chi connectivity index (χ3v) is 4.22. The Morgan fingerprint density at radius 1 is 1.17 bits per heavy atom. The van der Waals surface area contributed by atoms with Gasteiger partial charge in [0.05, 0.1) is 11.6 Å². The zero-order valence-corrected chi connectivity index (χ0v) is 12.3. The summed E-state index contributed by atoms with van der Waals surface area (Å²) in [5.41, 5.74) is 6.87. The zero-order valence-electron chi connectivity index (χ0n) is 12.3. The molecule has 7 heteroatoms. The van der Waals surface area contributed by atoms with E-state index in [9.17, 15) is 8.78 Å². The van der Waals surface area contributed by atoms with E-state index in [2.05, 4.69) is 10.1 Å². The second-order valence-electron chi connectivity index (χ2n) is 5.70. The van der Waals surface area contributed by atoms with E-state index >= 15 is 0 Å². The summed E-state index contributed by atoms with van der Waals surface area (Å²) in [5, 5.41) is 4.09. The normalized spacial score (nSPS) is 18.0. The molecule has 0 amide bonds. The van der Waals surface area contributed by atoms with Crippen LogP contribution in [0.25, 0.3) is 5.52 Å². The fourth-order valence-electron chi connectivity index (χ4n) is 3.20. The highest BCUT2D eigenvalue weighted by Gasteiger charge is 2.29. The van der Waals surface area contributed by atoms with Crippen molar-refractivity contribution in [3.05, 3.63) is 53.9 Å². The maximum atomic E-state index is 14.1. The molecular formula is C16H15F2N5. The van der Waals surface area contributed by atoms with Gasteiger partial charge in [-0.25, -0.2) is 18.3 Å². The summed E-state index contributed by atoms with van der Waals surface area (Å²) in [5.74, 6) is 0.305. The quantitative estimate of drug-likeness (QED) is 0.790. The molecule has 1 aliphatic heterocycles. The zero-order chi connectivity index (χ0) is 16.0. The van der Waals surface area contributed by atoms with Crippen molar-refractivity contribution in [2.24, 2.45) is 0 Å². The van der Waals surface area contributed by atoms with Crippen molar-refractivity contribution in [3.8, 4) is 0 Å². The first-order valence-electron chi connectivity index (χ1n) is 7.44. The average molecular weight is 315 g/mol. The van der Waals surface area contributed by atoms with Crippen LogP contribution in [0.15, 0.2) is 36.7 Å². The summed E-state index contributed by atoms with van der Waals surface area (Å²) < 4.78 is 29.2. The summed E-state index contributed by atoms with van der Waals surface area (Å²) in [6, 6.07) is 6.97. The minimum atomic E-state index is -0.430. The van der Waals surface area contributed by atoms with Gasteiger partial charge in [-0.05, 0) is 31.0 Å². The summed E-state index contributed by atoms with van der Waals surface area (Å²) in [6.07, 6.45) is 3.24. The van der Waals surface area contributed by atoms with Gasteiger partial charge in [0.2, 0.25) is 0 Å². The van der Waals surface area contributed by atoms with Gasteiger partial charge in [0, 0.05) is 24.2 Å². The number of nitrogens with zero attached hydrogens (tertiary/aromatic N) is 4. The smallest absolute Gasteiger partial charge is 0.146 e. The number of hydrogen-bond acceptors (Lipinski definition) is 4. The Morgan fingerprint density at radius 3 is 2.91 bits per heavy atom. The summed E-state index contributed by atoms with van der Waals surface area (Å²) in [7, 11) is 0. The molecule has 23 heavy (non-hydrogen) atoms. The Labute approximate surface area is 131 Å². The molecule has 4 rings (SSSR count). The van der Waals surface area contributed by atoms with Crippen LogP contribution in [-0.4, -0.2) is 21.1 Å². The number of halogens is 2. The first-order valence-corrected chi connectivity index (χ1v) is 7.44. The second-order valence-corrected chi connectivity index (χ2v) is 5.70. The largest absolute Gasteiger partial charge is 0.382 e. The van der Waals surface area contributed by atoms with Gasteiger partial charge in [-0.15, -0.1) is 5.10 Å². The molecular weight excluding hydrogens is 300 g/mol.